The lowest BCUT2D eigenvalue weighted by atomic mass is 10.1. The standard InChI is InChI=1S/C19H18N4O2/c1-12-5-3-4-6-15(12)18-20-11-16(22-18)19(25)23-21-10-14-7-8-17(24)13(2)9-14/h3-11,24H,1-2H3,(H,20,22)(H,23,25)/b21-10+. The van der Waals surface area contributed by atoms with Crippen molar-refractivity contribution in [3.8, 4) is 17.1 Å². The lowest BCUT2D eigenvalue weighted by Gasteiger charge is -2.01. The van der Waals surface area contributed by atoms with E-state index in [4.69, 9.17) is 0 Å². The molecule has 6 heteroatoms. The zero-order chi connectivity index (χ0) is 17.8. The van der Waals surface area contributed by atoms with Gasteiger partial charge in [0.1, 0.15) is 17.3 Å². The van der Waals surface area contributed by atoms with Gasteiger partial charge < -0.3 is 10.1 Å². The number of imidazole rings is 1. The quantitative estimate of drug-likeness (QED) is 0.505. The van der Waals surface area contributed by atoms with Crippen molar-refractivity contribution in [3.63, 3.8) is 0 Å². The second-order valence-electron chi connectivity index (χ2n) is 5.71. The van der Waals surface area contributed by atoms with Crippen LogP contribution in [0.5, 0.6) is 5.75 Å². The van der Waals surface area contributed by atoms with Crippen molar-refractivity contribution in [1.29, 1.82) is 0 Å². The topological polar surface area (TPSA) is 90.4 Å². The number of carbonyl (C=O) groups is 1. The highest BCUT2D eigenvalue weighted by molar-refractivity contribution is 5.93. The van der Waals surface area contributed by atoms with Crippen molar-refractivity contribution >= 4 is 12.1 Å². The Kier molecular flexibility index (Phi) is 4.61. The Morgan fingerprint density at radius 2 is 2.00 bits per heavy atom. The van der Waals surface area contributed by atoms with Crippen LogP contribution in [0, 0.1) is 13.8 Å². The van der Waals surface area contributed by atoms with Crippen LogP contribution in [-0.4, -0.2) is 27.2 Å². The van der Waals surface area contributed by atoms with Gasteiger partial charge in [-0.3, -0.25) is 4.79 Å². The molecule has 0 saturated carbocycles. The molecule has 0 atom stereocenters. The van der Waals surface area contributed by atoms with E-state index in [0.717, 1.165) is 22.3 Å². The van der Waals surface area contributed by atoms with Crippen LogP contribution in [0.2, 0.25) is 0 Å². The summed E-state index contributed by atoms with van der Waals surface area (Å²) in [5.41, 5.74) is 6.33. The molecule has 0 spiro atoms. The molecule has 25 heavy (non-hydrogen) atoms. The molecule has 1 amide bonds. The number of phenols is 1. The highest BCUT2D eigenvalue weighted by Gasteiger charge is 2.11. The molecular weight excluding hydrogens is 316 g/mol. The molecule has 6 nitrogen and oxygen atoms in total. The molecule has 2 aromatic carbocycles. The van der Waals surface area contributed by atoms with Gasteiger partial charge in [0.15, 0.2) is 0 Å². The van der Waals surface area contributed by atoms with Gasteiger partial charge in [-0.05, 0) is 48.7 Å². The fraction of sp³-hybridized carbons (Fsp3) is 0.105. The summed E-state index contributed by atoms with van der Waals surface area (Å²) in [5.74, 6) is 0.489. The summed E-state index contributed by atoms with van der Waals surface area (Å²) in [6.45, 7) is 3.78. The van der Waals surface area contributed by atoms with Gasteiger partial charge in [-0.15, -0.1) is 0 Å². The third-order valence-corrected chi connectivity index (χ3v) is 3.82. The lowest BCUT2D eigenvalue weighted by molar-refractivity contribution is 0.0950. The van der Waals surface area contributed by atoms with E-state index >= 15 is 0 Å². The van der Waals surface area contributed by atoms with Crippen molar-refractivity contribution in [1.82, 2.24) is 15.4 Å². The van der Waals surface area contributed by atoms with E-state index in [1.807, 2.05) is 31.2 Å². The first-order valence-electron chi connectivity index (χ1n) is 7.78. The van der Waals surface area contributed by atoms with Crippen LogP contribution >= 0.6 is 0 Å². The number of amides is 1. The first-order chi connectivity index (χ1) is 12.0. The molecular formula is C19H18N4O2. The van der Waals surface area contributed by atoms with Crippen molar-refractivity contribution in [3.05, 3.63) is 71.0 Å². The molecule has 0 saturated heterocycles. The smallest absolute Gasteiger partial charge is 0.289 e. The van der Waals surface area contributed by atoms with Crippen LogP contribution in [0.25, 0.3) is 11.4 Å². The fourth-order valence-electron chi connectivity index (χ4n) is 2.40. The summed E-state index contributed by atoms with van der Waals surface area (Å²) < 4.78 is 0. The fourth-order valence-corrected chi connectivity index (χ4v) is 2.40. The second-order valence-corrected chi connectivity index (χ2v) is 5.71. The van der Waals surface area contributed by atoms with Gasteiger partial charge in [0.2, 0.25) is 0 Å². The Labute approximate surface area is 145 Å². The van der Waals surface area contributed by atoms with Crippen molar-refractivity contribution in [2.75, 3.05) is 0 Å². The molecule has 0 fully saturated rings. The van der Waals surface area contributed by atoms with E-state index in [1.54, 1.807) is 25.1 Å². The van der Waals surface area contributed by atoms with Crippen LogP contribution < -0.4 is 5.43 Å². The molecule has 3 aromatic rings. The minimum Gasteiger partial charge on any atom is -0.508 e. The second kappa shape index (κ2) is 7.00. The van der Waals surface area contributed by atoms with Gasteiger partial charge in [0.25, 0.3) is 5.91 Å². The number of nitrogens with zero attached hydrogens (tertiary/aromatic N) is 2. The summed E-state index contributed by atoms with van der Waals surface area (Å²) >= 11 is 0. The van der Waals surface area contributed by atoms with E-state index in [0.29, 0.717) is 11.5 Å². The van der Waals surface area contributed by atoms with Gasteiger partial charge in [0.05, 0.1) is 12.4 Å². The number of hydrogen-bond donors (Lipinski definition) is 3. The van der Waals surface area contributed by atoms with Crippen molar-refractivity contribution < 1.29 is 9.90 Å². The maximum absolute atomic E-state index is 12.1. The molecule has 0 aliphatic heterocycles. The summed E-state index contributed by atoms with van der Waals surface area (Å²) in [6, 6.07) is 12.9. The number of aromatic hydroxyl groups is 1. The molecule has 1 aromatic heterocycles. The number of hydrogen-bond acceptors (Lipinski definition) is 4. The number of benzene rings is 2. The number of aryl methyl sites for hydroxylation is 2. The van der Waals surface area contributed by atoms with Crippen LogP contribution in [0.4, 0.5) is 0 Å². The number of nitrogens with one attached hydrogen (secondary N) is 2. The first-order valence-corrected chi connectivity index (χ1v) is 7.78. The van der Waals surface area contributed by atoms with E-state index in [9.17, 15) is 9.90 Å². The minimum atomic E-state index is -0.376. The predicted molar refractivity (Wildman–Crippen MR) is 96.7 cm³/mol. The SMILES string of the molecule is Cc1cc(/C=N/NC(=O)c2cnc(-c3ccccc3C)[nH]2)ccc1O. The third-order valence-electron chi connectivity index (χ3n) is 3.82. The number of H-pyrrole nitrogens is 1. The van der Waals surface area contributed by atoms with Crippen LogP contribution in [0.3, 0.4) is 0 Å². The largest absolute Gasteiger partial charge is 0.508 e. The highest BCUT2D eigenvalue weighted by Crippen LogP contribution is 2.19. The number of carbonyl (C=O) groups excluding carboxylic acids is 1. The molecule has 126 valence electrons. The van der Waals surface area contributed by atoms with Crippen LogP contribution in [0.1, 0.15) is 27.2 Å². The molecule has 3 N–H and O–H groups in total. The average molecular weight is 334 g/mol. The summed E-state index contributed by atoms with van der Waals surface area (Å²) in [5, 5.41) is 13.4. The molecule has 3 rings (SSSR count). The van der Waals surface area contributed by atoms with Gasteiger partial charge in [-0.2, -0.15) is 5.10 Å². The van der Waals surface area contributed by atoms with E-state index in [-0.39, 0.29) is 11.7 Å². The highest BCUT2D eigenvalue weighted by atomic mass is 16.3. The number of phenolic OH excluding ortho intramolecular Hbond substituents is 1. The Hall–Kier alpha value is -3.41. The number of hydrazone groups is 1. The molecule has 0 aliphatic rings. The van der Waals surface area contributed by atoms with Gasteiger partial charge in [-0.1, -0.05) is 24.3 Å². The minimum absolute atomic E-state index is 0.224. The Bertz CT molecular complexity index is 944. The summed E-state index contributed by atoms with van der Waals surface area (Å²) in [4.78, 5) is 19.4. The molecule has 0 unspecified atom stereocenters. The van der Waals surface area contributed by atoms with Gasteiger partial charge >= 0.3 is 0 Å². The Morgan fingerprint density at radius 1 is 1.20 bits per heavy atom. The number of aromatic nitrogens is 2. The normalized spacial score (nSPS) is 11.0. The van der Waals surface area contributed by atoms with Crippen LogP contribution in [0.15, 0.2) is 53.8 Å². The zero-order valence-corrected chi connectivity index (χ0v) is 13.9. The molecule has 0 radical (unpaired) electrons. The van der Waals surface area contributed by atoms with Crippen molar-refractivity contribution in [2.24, 2.45) is 5.10 Å². The molecule has 0 bridgehead atoms. The monoisotopic (exact) mass is 334 g/mol. The van der Waals surface area contributed by atoms with E-state index < -0.39 is 0 Å². The Morgan fingerprint density at radius 3 is 2.76 bits per heavy atom. The van der Waals surface area contributed by atoms with Gasteiger partial charge in [-0.25, -0.2) is 10.4 Å². The van der Waals surface area contributed by atoms with Gasteiger partial charge in [0, 0.05) is 5.56 Å². The first kappa shape index (κ1) is 16.4. The molecule has 1 heterocycles. The van der Waals surface area contributed by atoms with E-state index in [1.165, 1.54) is 12.4 Å². The zero-order valence-electron chi connectivity index (χ0n) is 13.9. The predicted octanol–water partition coefficient (Wildman–Crippen LogP) is 3.16. The number of aromatic amines is 1. The van der Waals surface area contributed by atoms with Crippen LogP contribution in [-0.2, 0) is 0 Å². The average Bonchev–Trinajstić information content (AvgIpc) is 3.08. The summed E-state index contributed by atoms with van der Waals surface area (Å²) in [6.07, 6.45) is 3.00. The summed E-state index contributed by atoms with van der Waals surface area (Å²) in [7, 11) is 0. The number of rotatable bonds is 4. The van der Waals surface area contributed by atoms with E-state index in [2.05, 4.69) is 20.5 Å². The third kappa shape index (κ3) is 3.74. The Balaban J connectivity index is 1.69. The maximum atomic E-state index is 12.1. The lowest BCUT2D eigenvalue weighted by Crippen LogP contribution is -2.18. The van der Waals surface area contributed by atoms with Crippen molar-refractivity contribution in [2.45, 2.75) is 13.8 Å². The molecule has 0 aliphatic carbocycles. The maximum Gasteiger partial charge on any atom is 0.289 e.